The third kappa shape index (κ3) is 5.75. The summed E-state index contributed by atoms with van der Waals surface area (Å²) in [7, 11) is 2.65. The second kappa shape index (κ2) is 9.80. The molecule has 0 radical (unpaired) electrons. The van der Waals surface area contributed by atoms with E-state index in [2.05, 4.69) is 25.2 Å². The van der Waals surface area contributed by atoms with Crippen molar-refractivity contribution in [1.29, 1.82) is 0 Å². The number of ether oxygens (including phenoxy) is 2. The fraction of sp³-hybridized carbons (Fsp3) is 0.412. The standard InChI is InChI=1S/C17H20F3N7O3/c1-5-27(6-2)10-7-8-11(12(9-10)21-13(28)17(18,19)20)25-26-14-22-15(29-3)24-16(23-14)30-4/h7-9H,5-6H2,1-4H3,(H,21,28). The maximum absolute atomic E-state index is 12.7. The molecule has 13 heteroatoms. The minimum Gasteiger partial charge on any atom is -0.467 e. The monoisotopic (exact) mass is 427 g/mol. The maximum Gasteiger partial charge on any atom is 0.471 e. The molecule has 2 rings (SSSR count). The van der Waals surface area contributed by atoms with E-state index in [0.717, 1.165) is 0 Å². The number of methoxy groups -OCH3 is 2. The molecule has 2 aromatic rings. The molecule has 1 heterocycles. The molecule has 0 atom stereocenters. The van der Waals surface area contributed by atoms with Crippen molar-refractivity contribution in [3.05, 3.63) is 18.2 Å². The van der Waals surface area contributed by atoms with Crippen molar-refractivity contribution in [2.75, 3.05) is 37.5 Å². The third-order valence-electron chi connectivity index (χ3n) is 3.81. The molecule has 0 fully saturated rings. The molecule has 1 aromatic heterocycles. The van der Waals surface area contributed by atoms with Crippen LogP contribution < -0.4 is 19.7 Å². The summed E-state index contributed by atoms with van der Waals surface area (Å²) >= 11 is 0. The minimum atomic E-state index is -5.06. The van der Waals surface area contributed by atoms with Crippen LogP contribution in [0.5, 0.6) is 12.0 Å². The largest absolute Gasteiger partial charge is 0.471 e. The molecule has 0 aliphatic rings. The van der Waals surface area contributed by atoms with E-state index < -0.39 is 12.1 Å². The van der Waals surface area contributed by atoms with Gasteiger partial charge in [-0.25, -0.2) is 0 Å². The number of aromatic nitrogens is 3. The Hall–Kier alpha value is -3.51. The van der Waals surface area contributed by atoms with Gasteiger partial charge in [0.2, 0.25) is 0 Å². The van der Waals surface area contributed by atoms with Gasteiger partial charge in [0.05, 0.1) is 19.9 Å². The zero-order valence-electron chi connectivity index (χ0n) is 16.7. The highest BCUT2D eigenvalue weighted by Gasteiger charge is 2.39. The molecule has 10 nitrogen and oxygen atoms in total. The molecular weight excluding hydrogens is 407 g/mol. The minimum absolute atomic E-state index is 0.0261. The molecule has 0 aliphatic carbocycles. The number of hydrogen-bond donors (Lipinski definition) is 1. The number of nitrogens with one attached hydrogen (secondary N) is 1. The van der Waals surface area contributed by atoms with Crippen LogP contribution in [-0.4, -0.2) is 54.3 Å². The predicted octanol–water partition coefficient (Wildman–Crippen LogP) is 3.65. The van der Waals surface area contributed by atoms with Gasteiger partial charge in [-0.1, -0.05) is 0 Å². The van der Waals surface area contributed by atoms with E-state index in [4.69, 9.17) is 9.47 Å². The fourth-order valence-corrected chi connectivity index (χ4v) is 2.34. The second-order valence-electron chi connectivity index (χ2n) is 5.63. The van der Waals surface area contributed by atoms with Gasteiger partial charge in [0.1, 0.15) is 5.69 Å². The molecule has 0 spiro atoms. The molecule has 1 aromatic carbocycles. The average molecular weight is 427 g/mol. The van der Waals surface area contributed by atoms with Crippen LogP contribution in [0.1, 0.15) is 13.8 Å². The topological polar surface area (TPSA) is 114 Å². The summed E-state index contributed by atoms with van der Waals surface area (Å²) in [5.41, 5.74) is 0.417. The van der Waals surface area contributed by atoms with Crippen molar-refractivity contribution in [3.63, 3.8) is 0 Å². The fourth-order valence-electron chi connectivity index (χ4n) is 2.34. The normalized spacial score (nSPS) is 11.4. The molecule has 0 bridgehead atoms. The lowest BCUT2D eigenvalue weighted by Gasteiger charge is -2.22. The number of nitrogens with zero attached hydrogens (tertiary/aromatic N) is 6. The predicted molar refractivity (Wildman–Crippen MR) is 102 cm³/mol. The first-order valence-corrected chi connectivity index (χ1v) is 8.74. The average Bonchev–Trinajstić information content (AvgIpc) is 2.73. The Bertz CT molecular complexity index is 896. The van der Waals surface area contributed by atoms with E-state index in [1.807, 2.05) is 24.1 Å². The van der Waals surface area contributed by atoms with Gasteiger partial charge in [0, 0.05) is 18.8 Å². The van der Waals surface area contributed by atoms with Gasteiger partial charge in [-0.05, 0) is 32.0 Å². The van der Waals surface area contributed by atoms with Crippen LogP contribution in [0.2, 0.25) is 0 Å². The van der Waals surface area contributed by atoms with Crippen molar-refractivity contribution < 1.29 is 27.4 Å². The molecule has 162 valence electrons. The van der Waals surface area contributed by atoms with Gasteiger partial charge in [0.25, 0.3) is 5.95 Å². The first kappa shape index (κ1) is 22.8. The van der Waals surface area contributed by atoms with Crippen LogP contribution >= 0.6 is 0 Å². The second-order valence-corrected chi connectivity index (χ2v) is 5.63. The lowest BCUT2D eigenvalue weighted by Crippen LogP contribution is -2.30. The summed E-state index contributed by atoms with van der Waals surface area (Å²) in [6, 6.07) is 4.30. The van der Waals surface area contributed by atoms with E-state index >= 15 is 0 Å². The zero-order valence-corrected chi connectivity index (χ0v) is 16.7. The molecule has 30 heavy (non-hydrogen) atoms. The van der Waals surface area contributed by atoms with E-state index in [-0.39, 0.29) is 29.3 Å². The molecule has 1 N–H and O–H groups in total. The van der Waals surface area contributed by atoms with Crippen LogP contribution in [-0.2, 0) is 4.79 Å². The van der Waals surface area contributed by atoms with Crippen molar-refractivity contribution >= 4 is 28.9 Å². The Labute approximate surface area is 170 Å². The Morgan fingerprint density at radius 2 is 1.67 bits per heavy atom. The number of hydrogen-bond acceptors (Lipinski definition) is 9. The van der Waals surface area contributed by atoms with Gasteiger partial charge in [-0.2, -0.15) is 23.1 Å². The summed E-state index contributed by atoms with van der Waals surface area (Å²) in [6.45, 7) is 5.03. The number of benzene rings is 1. The smallest absolute Gasteiger partial charge is 0.467 e. The highest BCUT2D eigenvalue weighted by atomic mass is 19.4. The molecule has 0 saturated carbocycles. The first-order valence-electron chi connectivity index (χ1n) is 8.74. The molecular formula is C17H20F3N7O3. The lowest BCUT2D eigenvalue weighted by molar-refractivity contribution is -0.167. The number of halogens is 3. The Balaban J connectivity index is 2.45. The molecule has 0 saturated heterocycles. The van der Waals surface area contributed by atoms with Crippen LogP contribution in [0.3, 0.4) is 0 Å². The van der Waals surface area contributed by atoms with E-state index in [1.165, 1.54) is 26.4 Å². The Morgan fingerprint density at radius 1 is 1.07 bits per heavy atom. The molecule has 0 unspecified atom stereocenters. The summed E-state index contributed by atoms with van der Waals surface area (Å²) in [5.74, 6) is -2.32. The van der Waals surface area contributed by atoms with Crippen LogP contribution in [0.15, 0.2) is 28.4 Å². The Kier molecular flexibility index (Phi) is 7.44. The summed E-state index contributed by atoms with van der Waals surface area (Å²) < 4.78 is 48.0. The van der Waals surface area contributed by atoms with E-state index in [1.54, 1.807) is 6.07 Å². The molecule has 0 aliphatic heterocycles. The summed E-state index contributed by atoms with van der Waals surface area (Å²) in [6.07, 6.45) is -5.06. The Morgan fingerprint density at radius 3 is 2.17 bits per heavy atom. The van der Waals surface area contributed by atoms with Crippen LogP contribution in [0.25, 0.3) is 0 Å². The van der Waals surface area contributed by atoms with Gasteiger partial charge >= 0.3 is 24.1 Å². The first-order chi connectivity index (χ1) is 14.2. The lowest BCUT2D eigenvalue weighted by atomic mass is 10.2. The number of rotatable bonds is 8. The number of carbonyl (C=O) groups is 1. The van der Waals surface area contributed by atoms with Gasteiger partial charge in [-0.15, -0.1) is 15.2 Å². The van der Waals surface area contributed by atoms with Crippen molar-refractivity contribution in [3.8, 4) is 12.0 Å². The maximum atomic E-state index is 12.7. The summed E-state index contributed by atoms with van der Waals surface area (Å²) in [4.78, 5) is 24.9. The van der Waals surface area contributed by atoms with Crippen molar-refractivity contribution in [2.24, 2.45) is 10.2 Å². The zero-order chi connectivity index (χ0) is 22.3. The van der Waals surface area contributed by atoms with Crippen molar-refractivity contribution in [2.45, 2.75) is 20.0 Å². The quantitative estimate of drug-likeness (QED) is 0.640. The highest BCUT2D eigenvalue weighted by Crippen LogP contribution is 2.32. The SMILES string of the molecule is CCN(CC)c1ccc(N=Nc2nc(OC)nc(OC)n2)c(NC(=O)C(F)(F)F)c1. The highest BCUT2D eigenvalue weighted by molar-refractivity contribution is 5.97. The van der Waals surface area contributed by atoms with Crippen molar-refractivity contribution in [1.82, 2.24) is 15.0 Å². The summed E-state index contributed by atoms with van der Waals surface area (Å²) in [5, 5.41) is 9.50. The molecule has 1 amide bonds. The van der Waals surface area contributed by atoms with E-state index in [0.29, 0.717) is 18.8 Å². The third-order valence-corrected chi connectivity index (χ3v) is 3.81. The number of alkyl halides is 3. The number of carbonyl (C=O) groups excluding carboxylic acids is 1. The van der Waals surface area contributed by atoms with Gasteiger partial charge < -0.3 is 19.7 Å². The van der Waals surface area contributed by atoms with Crippen LogP contribution in [0.4, 0.5) is 36.2 Å². The number of anilines is 2. The van der Waals surface area contributed by atoms with Gasteiger partial charge in [-0.3, -0.25) is 4.79 Å². The van der Waals surface area contributed by atoms with Gasteiger partial charge in [0.15, 0.2) is 0 Å². The van der Waals surface area contributed by atoms with E-state index in [9.17, 15) is 18.0 Å². The van der Waals surface area contributed by atoms with Crippen LogP contribution in [0, 0.1) is 0 Å². The number of amides is 1. The number of azo groups is 1.